The van der Waals surface area contributed by atoms with E-state index in [9.17, 15) is 4.39 Å². The van der Waals surface area contributed by atoms with E-state index in [4.69, 9.17) is 4.74 Å². The fourth-order valence-electron chi connectivity index (χ4n) is 2.16. The predicted octanol–water partition coefficient (Wildman–Crippen LogP) is 1.26. The summed E-state index contributed by atoms with van der Waals surface area (Å²) in [4.78, 5) is 0. The van der Waals surface area contributed by atoms with Gasteiger partial charge < -0.3 is 10.1 Å². The number of hydrogen-bond donors (Lipinski definition) is 1. The molecule has 0 aromatic carbocycles. The first kappa shape index (κ1) is 8.45. The molecule has 2 nitrogen and oxygen atoms in total. The Morgan fingerprint density at radius 3 is 3.00 bits per heavy atom. The molecule has 2 heterocycles. The molecule has 2 fully saturated rings. The van der Waals surface area contributed by atoms with E-state index < -0.39 is 11.8 Å². The molecule has 0 bridgehead atoms. The smallest absolute Gasteiger partial charge is 0.131 e. The second-order valence-corrected chi connectivity index (χ2v) is 3.80. The van der Waals surface area contributed by atoms with Gasteiger partial charge in [0.05, 0.1) is 0 Å². The molecule has 0 saturated carbocycles. The molecule has 1 N–H and O–H groups in total. The van der Waals surface area contributed by atoms with Crippen molar-refractivity contribution in [2.45, 2.75) is 37.5 Å². The first-order valence-electron chi connectivity index (χ1n) is 4.82. The van der Waals surface area contributed by atoms with E-state index in [0.29, 0.717) is 13.0 Å². The zero-order chi connectivity index (χ0) is 8.44. The number of rotatable bonds is 0. The largest absolute Gasteiger partial charge is 0.371 e. The van der Waals surface area contributed by atoms with Gasteiger partial charge in [0, 0.05) is 13.2 Å². The number of halogens is 1. The minimum absolute atomic E-state index is 0.462. The van der Waals surface area contributed by atoms with Crippen LogP contribution in [-0.4, -0.2) is 31.5 Å². The van der Waals surface area contributed by atoms with Gasteiger partial charge in [-0.2, -0.15) is 0 Å². The van der Waals surface area contributed by atoms with Crippen molar-refractivity contribution in [2.75, 3.05) is 19.7 Å². The van der Waals surface area contributed by atoms with Crippen LogP contribution in [-0.2, 0) is 4.74 Å². The Morgan fingerprint density at radius 2 is 2.33 bits per heavy atom. The van der Waals surface area contributed by atoms with Crippen molar-refractivity contribution >= 4 is 0 Å². The lowest BCUT2D eigenvalue weighted by Crippen LogP contribution is -2.56. The maximum absolute atomic E-state index is 13.6. The van der Waals surface area contributed by atoms with E-state index >= 15 is 0 Å². The van der Waals surface area contributed by atoms with Gasteiger partial charge in [-0.05, 0) is 32.2 Å². The number of ether oxygens (including phenoxy) is 1. The molecule has 2 aliphatic heterocycles. The van der Waals surface area contributed by atoms with E-state index in [2.05, 4.69) is 5.32 Å². The van der Waals surface area contributed by atoms with E-state index in [-0.39, 0.29) is 0 Å². The van der Waals surface area contributed by atoms with Crippen molar-refractivity contribution in [1.82, 2.24) is 5.32 Å². The molecule has 70 valence electrons. The normalized spacial score (nSPS) is 43.2. The van der Waals surface area contributed by atoms with Gasteiger partial charge in [-0.25, -0.2) is 4.39 Å². The van der Waals surface area contributed by atoms with Gasteiger partial charge in [0.2, 0.25) is 0 Å². The minimum atomic E-state index is -0.751. The summed E-state index contributed by atoms with van der Waals surface area (Å²) in [6.45, 7) is 2.24. The second kappa shape index (κ2) is 3.30. The summed E-state index contributed by atoms with van der Waals surface area (Å²) in [5.74, 6) is 0. The van der Waals surface area contributed by atoms with Crippen LogP contribution < -0.4 is 5.32 Å². The van der Waals surface area contributed by atoms with Gasteiger partial charge in [0.25, 0.3) is 0 Å². The Balaban J connectivity index is 2.04. The minimum Gasteiger partial charge on any atom is -0.371 e. The van der Waals surface area contributed by atoms with Gasteiger partial charge in [0.1, 0.15) is 11.8 Å². The number of nitrogens with one attached hydrogen (secondary N) is 1. The van der Waals surface area contributed by atoms with Crippen LogP contribution in [0, 0.1) is 0 Å². The lowest BCUT2D eigenvalue weighted by Gasteiger charge is -2.42. The maximum Gasteiger partial charge on any atom is 0.131 e. The summed E-state index contributed by atoms with van der Waals surface area (Å²) < 4.78 is 19.1. The molecule has 2 saturated heterocycles. The molecule has 3 heteroatoms. The van der Waals surface area contributed by atoms with Gasteiger partial charge in [-0.15, -0.1) is 0 Å². The van der Waals surface area contributed by atoms with Crippen LogP contribution in [0.5, 0.6) is 0 Å². The van der Waals surface area contributed by atoms with Crippen molar-refractivity contribution in [2.24, 2.45) is 0 Å². The van der Waals surface area contributed by atoms with Crippen LogP contribution >= 0.6 is 0 Å². The van der Waals surface area contributed by atoms with E-state index in [0.717, 1.165) is 32.4 Å². The summed E-state index contributed by atoms with van der Waals surface area (Å²) >= 11 is 0. The lowest BCUT2D eigenvalue weighted by atomic mass is 9.85. The molecule has 0 aromatic heterocycles. The first-order chi connectivity index (χ1) is 5.83. The second-order valence-electron chi connectivity index (χ2n) is 3.80. The van der Waals surface area contributed by atoms with Crippen LogP contribution in [0.1, 0.15) is 25.7 Å². The van der Waals surface area contributed by atoms with Crippen LogP contribution in [0.4, 0.5) is 4.39 Å². The van der Waals surface area contributed by atoms with Crippen molar-refractivity contribution in [3.63, 3.8) is 0 Å². The van der Waals surface area contributed by atoms with Crippen LogP contribution in [0.2, 0.25) is 0 Å². The summed E-state index contributed by atoms with van der Waals surface area (Å²) in [6, 6.07) is 0. The highest BCUT2D eigenvalue weighted by Crippen LogP contribution is 2.32. The molecule has 0 aliphatic carbocycles. The Labute approximate surface area is 72.5 Å². The van der Waals surface area contributed by atoms with Gasteiger partial charge in [-0.3, -0.25) is 0 Å². The summed E-state index contributed by atoms with van der Waals surface area (Å²) in [7, 11) is 0. The average Bonchev–Trinajstić information content (AvgIpc) is 2.12. The van der Waals surface area contributed by atoms with E-state index in [1.807, 2.05) is 0 Å². The highest BCUT2D eigenvalue weighted by atomic mass is 19.1. The Kier molecular flexibility index (Phi) is 2.33. The molecule has 2 unspecified atom stereocenters. The van der Waals surface area contributed by atoms with Crippen LogP contribution in [0.25, 0.3) is 0 Å². The van der Waals surface area contributed by atoms with Crippen LogP contribution in [0.15, 0.2) is 0 Å². The van der Waals surface area contributed by atoms with Crippen molar-refractivity contribution < 1.29 is 9.13 Å². The molecule has 0 radical (unpaired) electrons. The molecular weight excluding hydrogens is 157 g/mol. The Bertz CT molecular complexity index is 148. The zero-order valence-corrected chi connectivity index (χ0v) is 7.31. The molecular formula is C9H16FNO. The Hall–Kier alpha value is -0.150. The third-order valence-electron chi connectivity index (χ3n) is 2.95. The Morgan fingerprint density at radius 1 is 1.42 bits per heavy atom. The van der Waals surface area contributed by atoms with Crippen molar-refractivity contribution in [3.8, 4) is 0 Å². The summed E-state index contributed by atoms with van der Waals surface area (Å²) in [5, 5.41) is 3.21. The number of hydrogen-bond acceptors (Lipinski definition) is 2. The fourth-order valence-corrected chi connectivity index (χ4v) is 2.16. The molecule has 2 rings (SSSR count). The quantitative estimate of drug-likeness (QED) is 0.595. The highest BCUT2D eigenvalue weighted by Gasteiger charge is 2.43. The number of piperidine rings is 1. The molecule has 12 heavy (non-hydrogen) atoms. The molecule has 0 amide bonds. The fraction of sp³-hybridized carbons (Fsp3) is 1.00. The molecule has 2 aliphatic rings. The van der Waals surface area contributed by atoms with Crippen molar-refractivity contribution in [3.05, 3.63) is 0 Å². The van der Waals surface area contributed by atoms with Crippen molar-refractivity contribution in [1.29, 1.82) is 0 Å². The molecule has 0 aromatic rings. The predicted molar refractivity (Wildman–Crippen MR) is 44.9 cm³/mol. The number of alkyl halides is 1. The molecule has 1 spiro atoms. The standard InChI is InChI=1S/C9H16FNO/c10-8-3-5-11-7-9(8)4-1-2-6-12-9/h8,11H,1-7H2. The summed E-state index contributed by atoms with van der Waals surface area (Å²) in [5.41, 5.74) is -0.462. The SMILES string of the molecule is FC1CCNCC12CCCCO2. The summed E-state index contributed by atoms with van der Waals surface area (Å²) in [6.07, 6.45) is 2.96. The topological polar surface area (TPSA) is 21.3 Å². The van der Waals surface area contributed by atoms with Gasteiger partial charge in [-0.1, -0.05) is 0 Å². The molecule has 2 atom stereocenters. The average molecular weight is 173 g/mol. The van der Waals surface area contributed by atoms with E-state index in [1.54, 1.807) is 0 Å². The lowest BCUT2D eigenvalue weighted by molar-refractivity contribution is -0.132. The van der Waals surface area contributed by atoms with Crippen LogP contribution in [0.3, 0.4) is 0 Å². The maximum atomic E-state index is 13.6. The monoisotopic (exact) mass is 173 g/mol. The van der Waals surface area contributed by atoms with Gasteiger partial charge >= 0.3 is 0 Å². The third kappa shape index (κ3) is 1.36. The zero-order valence-electron chi connectivity index (χ0n) is 7.31. The first-order valence-corrected chi connectivity index (χ1v) is 4.82. The van der Waals surface area contributed by atoms with Gasteiger partial charge in [0.15, 0.2) is 0 Å². The third-order valence-corrected chi connectivity index (χ3v) is 2.95. The van der Waals surface area contributed by atoms with E-state index in [1.165, 1.54) is 0 Å². The highest BCUT2D eigenvalue weighted by molar-refractivity contribution is 4.96.